The lowest BCUT2D eigenvalue weighted by Crippen LogP contribution is -2.21. The molecule has 0 fully saturated rings. The number of anilines is 1. The molecule has 0 unspecified atom stereocenters. The molecule has 3 aromatic rings. The predicted molar refractivity (Wildman–Crippen MR) is 116 cm³/mol. The van der Waals surface area contributed by atoms with Crippen molar-refractivity contribution in [1.29, 1.82) is 0 Å². The molecule has 11 heteroatoms. The van der Waals surface area contributed by atoms with E-state index in [1.165, 1.54) is 23.5 Å². The van der Waals surface area contributed by atoms with Crippen LogP contribution in [0, 0.1) is 10.1 Å². The molecule has 0 aliphatic carbocycles. The molecule has 1 aromatic heterocycles. The summed E-state index contributed by atoms with van der Waals surface area (Å²) in [5.74, 6) is -1.54. The summed E-state index contributed by atoms with van der Waals surface area (Å²) in [5.41, 5.74) is 2.28. The van der Waals surface area contributed by atoms with E-state index >= 15 is 0 Å². The van der Waals surface area contributed by atoms with E-state index in [2.05, 4.69) is 31.8 Å². The zero-order chi connectivity index (χ0) is 21.7. The van der Waals surface area contributed by atoms with Crippen LogP contribution in [0.15, 0.2) is 63.5 Å². The summed E-state index contributed by atoms with van der Waals surface area (Å²) in [7, 11) is 0. The van der Waals surface area contributed by atoms with Crippen molar-refractivity contribution < 1.29 is 19.6 Å². The van der Waals surface area contributed by atoms with Gasteiger partial charge in [0, 0.05) is 16.1 Å². The Balaban J connectivity index is 1.76. The number of nitro benzene ring substituents is 1. The Kier molecular flexibility index (Phi) is 6.54. The van der Waals surface area contributed by atoms with E-state index in [0.717, 1.165) is 12.3 Å². The Hall–Kier alpha value is -3.57. The van der Waals surface area contributed by atoms with Crippen LogP contribution in [0.4, 0.5) is 11.4 Å². The third kappa shape index (κ3) is 4.88. The molecular formula is C19H13BrN4O5S. The monoisotopic (exact) mass is 488 g/mol. The minimum atomic E-state index is -0.734. The quantitative estimate of drug-likeness (QED) is 0.272. The number of hydrogen-bond acceptors (Lipinski definition) is 7. The predicted octanol–water partition coefficient (Wildman–Crippen LogP) is 4.14. The summed E-state index contributed by atoms with van der Waals surface area (Å²) >= 11 is 4.39. The first kappa shape index (κ1) is 21.1. The van der Waals surface area contributed by atoms with Gasteiger partial charge in [-0.05, 0) is 29.6 Å². The average Bonchev–Trinajstić information content (AvgIpc) is 3.25. The van der Waals surface area contributed by atoms with E-state index in [1.807, 2.05) is 0 Å². The first-order valence-corrected chi connectivity index (χ1v) is 9.98. The normalized spacial score (nSPS) is 10.7. The first-order chi connectivity index (χ1) is 14.4. The van der Waals surface area contributed by atoms with Gasteiger partial charge in [0.05, 0.1) is 27.3 Å². The third-order valence-electron chi connectivity index (χ3n) is 3.82. The molecule has 0 atom stereocenters. The Morgan fingerprint density at radius 2 is 1.93 bits per heavy atom. The van der Waals surface area contributed by atoms with Gasteiger partial charge in [0.1, 0.15) is 0 Å². The van der Waals surface area contributed by atoms with Crippen LogP contribution >= 0.6 is 27.3 Å². The van der Waals surface area contributed by atoms with Crippen LogP contribution < -0.4 is 10.7 Å². The summed E-state index contributed by atoms with van der Waals surface area (Å²) in [5, 5.41) is 29.2. The molecule has 3 rings (SSSR count). The molecule has 0 aliphatic rings. The standard InChI is InChI=1S/C19H13BrN4O5S/c20-12-8-11(17(25)15(9-12)24(28)29)10-21-23-18(26)13-4-1-2-5-14(13)22-19(27)16-6-3-7-30-16/h1-10,25H,(H,22,27)(H,23,26)/b21-10+. The highest BCUT2D eigenvalue weighted by atomic mass is 79.9. The summed E-state index contributed by atoms with van der Waals surface area (Å²) < 4.78 is 0.362. The molecule has 0 saturated heterocycles. The van der Waals surface area contributed by atoms with Crippen molar-refractivity contribution in [2.45, 2.75) is 0 Å². The van der Waals surface area contributed by atoms with Gasteiger partial charge in [-0.1, -0.05) is 34.1 Å². The van der Waals surface area contributed by atoms with Crippen molar-refractivity contribution in [2.75, 3.05) is 5.32 Å². The van der Waals surface area contributed by atoms with Crippen LogP contribution in [0.2, 0.25) is 0 Å². The molecule has 152 valence electrons. The number of nitro groups is 1. The molecule has 0 saturated carbocycles. The molecule has 2 amide bonds. The molecule has 0 spiro atoms. The van der Waals surface area contributed by atoms with Crippen LogP contribution in [0.1, 0.15) is 25.6 Å². The van der Waals surface area contributed by atoms with E-state index in [1.54, 1.807) is 35.7 Å². The van der Waals surface area contributed by atoms with E-state index in [-0.39, 0.29) is 17.0 Å². The number of phenolic OH excluding ortho intramolecular Hbond substituents is 1. The lowest BCUT2D eigenvalue weighted by molar-refractivity contribution is -0.385. The van der Waals surface area contributed by atoms with Crippen LogP contribution in [-0.2, 0) is 0 Å². The third-order valence-corrected chi connectivity index (χ3v) is 5.14. The topological polar surface area (TPSA) is 134 Å². The van der Waals surface area contributed by atoms with E-state index in [9.17, 15) is 24.8 Å². The van der Waals surface area contributed by atoms with Crippen LogP contribution in [0.25, 0.3) is 0 Å². The number of hydrogen-bond donors (Lipinski definition) is 3. The molecule has 1 heterocycles. The lowest BCUT2D eigenvalue weighted by Gasteiger charge is -2.09. The Morgan fingerprint density at radius 1 is 1.17 bits per heavy atom. The number of phenols is 1. The number of hydrazone groups is 1. The van der Waals surface area contributed by atoms with E-state index < -0.39 is 22.3 Å². The van der Waals surface area contributed by atoms with Crippen LogP contribution in [0.3, 0.4) is 0 Å². The largest absolute Gasteiger partial charge is 0.502 e. The molecule has 9 nitrogen and oxygen atoms in total. The van der Waals surface area contributed by atoms with Crippen LogP contribution in [0.5, 0.6) is 5.75 Å². The number of para-hydroxylation sites is 1. The number of aromatic hydroxyl groups is 1. The maximum atomic E-state index is 12.5. The highest BCUT2D eigenvalue weighted by molar-refractivity contribution is 9.10. The van der Waals surface area contributed by atoms with Gasteiger partial charge in [0.25, 0.3) is 11.8 Å². The Bertz CT molecular complexity index is 1150. The molecule has 30 heavy (non-hydrogen) atoms. The number of nitrogens with one attached hydrogen (secondary N) is 2. The SMILES string of the molecule is O=C(Nc1ccccc1C(=O)N/N=C/c1cc(Br)cc([N+](=O)[O-])c1O)c1cccs1. The molecular weight excluding hydrogens is 476 g/mol. The van der Waals surface area contributed by atoms with Gasteiger partial charge in [-0.25, -0.2) is 5.43 Å². The van der Waals surface area contributed by atoms with Crippen molar-refractivity contribution in [3.8, 4) is 5.75 Å². The van der Waals surface area contributed by atoms with Crippen molar-refractivity contribution in [1.82, 2.24) is 5.43 Å². The fraction of sp³-hybridized carbons (Fsp3) is 0. The minimum absolute atomic E-state index is 0.0376. The highest BCUT2D eigenvalue weighted by Gasteiger charge is 2.18. The Morgan fingerprint density at radius 3 is 2.63 bits per heavy atom. The maximum absolute atomic E-state index is 12.5. The average molecular weight is 489 g/mol. The number of nitrogens with zero attached hydrogens (tertiary/aromatic N) is 2. The van der Waals surface area contributed by atoms with Gasteiger partial charge >= 0.3 is 5.69 Å². The van der Waals surface area contributed by atoms with Gasteiger partial charge in [-0.15, -0.1) is 11.3 Å². The van der Waals surface area contributed by atoms with Gasteiger partial charge in [-0.3, -0.25) is 19.7 Å². The van der Waals surface area contributed by atoms with Crippen molar-refractivity contribution >= 4 is 56.7 Å². The number of halogens is 1. The van der Waals surface area contributed by atoms with Gasteiger partial charge in [0.15, 0.2) is 0 Å². The fourth-order valence-electron chi connectivity index (χ4n) is 2.45. The second-order valence-corrected chi connectivity index (χ2v) is 7.66. The van der Waals surface area contributed by atoms with E-state index in [0.29, 0.717) is 15.0 Å². The number of amides is 2. The second-order valence-electron chi connectivity index (χ2n) is 5.80. The summed E-state index contributed by atoms with van der Waals surface area (Å²) in [4.78, 5) is 35.5. The number of carbonyl (C=O) groups is 2. The molecule has 3 N–H and O–H groups in total. The van der Waals surface area contributed by atoms with Gasteiger partial charge in [0.2, 0.25) is 5.75 Å². The molecule has 0 radical (unpaired) electrons. The van der Waals surface area contributed by atoms with Crippen LogP contribution in [-0.4, -0.2) is 28.1 Å². The second kappa shape index (κ2) is 9.29. The van der Waals surface area contributed by atoms with Gasteiger partial charge in [-0.2, -0.15) is 5.10 Å². The number of benzene rings is 2. The minimum Gasteiger partial charge on any atom is -0.502 e. The zero-order valence-corrected chi connectivity index (χ0v) is 17.4. The summed E-state index contributed by atoms with van der Waals surface area (Å²) in [6.07, 6.45) is 1.08. The number of carbonyl (C=O) groups excluding carboxylic acids is 2. The van der Waals surface area contributed by atoms with Crippen molar-refractivity contribution in [3.63, 3.8) is 0 Å². The highest BCUT2D eigenvalue weighted by Crippen LogP contribution is 2.32. The fourth-order valence-corrected chi connectivity index (χ4v) is 3.53. The smallest absolute Gasteiger partial charge is 0.312 e. The summed E-state index contributed by atoms with van der Waals surface area (Å²) in [6, 6.07) is 12.4. The number of rotatable bonds is 6. The molecule has 2 aromatic carbocycles. The summed E-state index contributed by atoms with van der Waals surface area (Å²) in [6.45, 7) is 0. The maximum Gasteiger partial charge on any atom is 0.312 e. The number of thiophene rings is 1. The van der Waals surface area contributed by atoms with Crippen molar-refractivity contribution in [3.05, 3.63) is 84.5 Å². The van der Waals surface area contributed by atoms with Crippen molar-refractivity contribution in [2.24, 2.45) is 5.10 Å². The lowest BCUT2D eigenvalue weighted by atomic mass is 10.1. The Labute approximate surface area is 182 Å². The first-order valence-electron chi connectivity index (χ1n) is 8.31. The van der Waals surface area contributed by atoms with E-state index in [4.69, 9.17) is 0 Å². The van der Waals surface area contributed by atoms with Gasteiger partial charge < -0.3 is 10.4 Å². The zero-order valence-electron chi connectivity index (χ0n) is 15.0. The molecule has 0 bridgehead atoms. The molecule has 0 aliphatic heterocycles.